The summed E-state index contributed by atoms with van der Waals surface area (Å²) in [4.78, 5) is 48.4. The number of ether oxygens (including phenoxy) is 1. The Bertz CT molecular complexity index is 1880. The highest BCUT2D eigenvalue weighted by Gasteiger charge is 2.35. The molecule has 1 aliphatic heterocycles. The molecule has 2 amide bonds. The lowest BCUT2D eigenvalue weighted by atomic mass is 10.1. The SMILES string of the molecule is Cc1cc(/C=C2\C(=O)NC(=S)N(c3cccc(Cl)c3)C2=O)c(C)n1-c1ccc(Oc2ccc([N+](=O)[O-])cc2[N+](=O)[O-])cc1. The van der Waals surface area contributed by atoms with Crippen LogP contribution in [0, 0.1) is 34.1 Å². The fourth-order valence-corrected chi connectivity index (χ4v) is 5.10. The minimum atomic E-state index is -0.752. The van der Waals surface area contributed by atoms with Gasteiger partial charge in [-0.25, -0.2) is 0 Å². The average molecular weight is 618 g/mol. The van der Waals surface area contributed by atoms with E-state index in [1.807, 2.05) is 24.5 Å². The molecule has 0 spiro atoms. The molecule has 216 valence electrons. The number of thiocarbonyl (C=S) groups is 1. The molecule has 4 aromatic rings. The molecule has 43 heavy (non-hydrogen) atoms. The molecule has 0 bridgehead atoms. The van der Waals surface area contributed by atoms with E-state index in [-0.39, 0.29) is 22.2 Å². The normalized spacial score (nSPS) is 14.2. The number of nitro benzene ring substituents is 2. The van der Waals surface area contributed by atoms with Crippen LogP contribution < -0.4 is 15.0 Å². The van der Waals surface area contributed by atoms with Gasteiger partial charge in [0.1, 0.15) is 11.3 Å². The van der Waals surface area contributed by atoms with Crippen LogP contribution in [0.5, 0.6) is 11.5 Å². The summed E-state index contributed by atoms with van der Waals surface area (Å²) in [5, 5.41) is 25.4. The summed E-state index contributed by atoms with van der Waals surface area (Å²) >= 11 is 11.4. The van der Waals surface area contributed by atoms with Crippen LogP contribution in [-0.2, 0) is 9.59 Å². The standard InChI is InChI=1S/C29H20ClN5O7S/c1-16-12-18(13-24-27(36)31-29(43)33(28(24)37)21-5-3-4-19(30)14-21)17(2)32(16)20-6-9-23(10-7-20)42-26-11-8-22(34(38)39)15-25(26)35(40)41/h3-15H,1-2H3,(H,31,36,43)/b24-13+. The first-order chi connectivity index (χ1) is 20.4. The van der Waals surface area contributed by atoms with Crippen molar-refractivity contribution in [3.05, 3.63) is 121 Å². The summed E-state index contributed by atoms with van der Waals surface area (Å²) < 4.78 is 7.56. The van der Waals surface area contributed by atoms with Gasteiger partial charge in [-0.3, -0.25) is 40.0 Å². The molecule has 0 radical (unpaired) electrons. The van der Waals surface area contributed by atoms with Crippen LogP contribution in [0.2, 0.25) is 5.02 Å². The molecule has 1 aliphatic rings. The van der Waals surface area contributed by atoms with Crippen LogP contribution >= 0.6 is 23.8 Å². The van der Waals surface area contributed by atoms with Crippen LogP contribution in [-0.4, -0.2) is 31.3 Å². The molecule has 14 heteroatoms. The zero-order valence-electron chi connectivity index (χ0n) is 22.4. The van der Waals surface area contributed by atoms with Gasteiger partial charge in [0.15, 0.2) is 5.11 Å². The topological polar surface area (TPSA) is 150 Å². The van der Waals surface area contributed by atoms with Gasteiger partial charge < -0.3 is 9.30 Å². The lowest BCUT2D eigenvalue weighted by Gasteiger charge is -2.29. The van der Waals surface area contributed by atoms with Gasteiger partial charge in [0.2, 0.25) is 5.75 Å². The summed E-state index contributed by atoms with van der Waals surface area (Å²) in [6.45, 7) is 3.68. The van der Waals surface area contributed by atoms with Gasteiger partial charge in [0.05, 0.1) is 21.6 Å². The van der Waals surface area contributed by atoms with E-state index in [4.69, 9.17) is 28.6 Å². The maximum atomic E-state index is 13.4. The van der Waals surface area contributed by atoms with E-state index in [1.54, 1.807) is 48.5 Å². The van der Waals surface area contributed by atoms with E-state index < -0.39 is 33.0 Å². The molecule has 0 atom stereocenters. The minimum Gasteiger partial charge on any atom is -0.450 e. The summed E-state index contributed by atoms with van der Waals surface area (Å²) in [5.74, 6) is -1.10. The molecule has 0 aliphatic carbocycles. The Morgan fingerprint density at radius 2 is 1.65 bits per heavy atom. The quantitative estimate of drug-likeness (QED) is 0.0848. The molecule has 1 saturated heterocycles. The zero-order valence-corrected chi connectivity index (χ0v) is 24.0. The van der Waals surface area contributed by atoms with E-state index >= 15 is 0 Å². The van der Waals surface area contributed by atoms with Gasteiger partial charge in [0, 0.05) is 28.2 Å². The van der Waals surface area contributed by atoms with Crippen molar-refractivity contribution in [2.24, 2.45) is 0 Å². The van der Waals surface area contributed by atoms with Gasteiger partial charge in [-0.1, -0.05) is 17.7 Å². The molecule has 1 fully saturated rings. The van der Waals surface area contributed by atoms with Crippen molar-refractivity contribution < 1.29 is 24.2 Å². The fraction of sp³-hybridized carbons (Fsp3) is 0.0690. The number of aryl methyl sites for hydroxylation is 1. The van der Waals surface area contributed by atoms with Crippen molar-refractivity contribution in [3.63, 3.8) is 0 Å². The van der Waals surface area contributed by atoms with Gasteiger partial charge in [-0.15, -0.1) is 0 Å². The Morgan fingerprint density at radius 3 is 2.30 bits per heavy atom. The van der Waals surface area contributed by atoms with E-state index in [9.17, 15) is 29.8 Å². The number of carbonyl (C=O) groups is 2. The number of hydrogen-bond donors (Lipinski definition) is 1. The molecule has 0 saturated carbocycles. The van der Waals surface area contributed by atoms with E-state index in [0.29, 0.717) is 22.0 Å². The number of non-ortho nitro benzene ring substituents is 1. The summed E-state index contributed by atoms with van der Waals surface area (Å²) in [7, 11) is 0. The first-order valence-electron chi connectivity index (χ1n) is 12.5. The number of nitrogens with zero attached hydrogens (tertiary/aromatic N) is 4. The number of hydrogen-bond acceptors (Lipinski definition) is 8. The number of anilines is 1. The Balaban J connectivity index is 1.43. The van der Waals surface area contributed by atoms with Crippen LogP contribution in [0.4, 0.5) is 17.1 Å². The highest BCUT2D eigenvalue weighted by molar-refractivity contribution is 7.80. The molecule has 2 heterocycles. The van der Waals surface area contributed by atoms with Gasteiger partial charge in [0.25, 0.3) is 17.5 Å². The number of amides is 2. The first-order valence-corrected chi connectivity index (χ1v) is 13.3. The molecular weight excluding hydrogens is 598 g/mol. The van der Waals surface area contributed by atoms with Crippen LogP contribution in [0.15, 0.2) is 78.4 Å². The number of halogens is 1. The van der Waals surface area contributed by atoms with E-state index in [2.05, 4.69) is 5.32 Å². The third-order valence-corrected chi connectivity index (χ3v) is 7.13. The maximum Gasteiger partial charge on any atom is 0.318 e. The largest absolute Gasteiger partial charge is 0.450 e. The lowest BCUT2D eigenvalue weighted by Crippen LogP contribution is -2.54. The third kappa shape index (κ3) is 5.71. The Labute approximate surface area is 254 Å². The predicted molar refractivity (Wildman–Crippen MR) is 163 cm³/mol. The lowest BCUT2D eigenvalue weighted by molar-refractivity contribution is -0.394. The summed E-state index contributed by atoms with van der Waals surface area (Å²) in [6.07, 6.45) is 1.50. The molecule has 0 unspecified atom stereocenters. The minimum absolute atomic E-state index is 0.0544. The Kier molecular flexibility index (Phi) is 7.76. The highest BCUT2D eigenvalue weighted by atomic mass is 35.5. The molecule has 1 N–H and O–H groups in total. The predicted octanol–water partition coefficient (Wildman–Crippen LogP) is 6.19. The Morgan fingerprint density at radius 1 is 0.930 bits per heavy atom. The summed E-state index contributed by atoms with van der Waals surface area (Å²) in [6, 6.07) is 18.2. The smallest absolute Gasteiger partial charge is 0.318 e. The molecule has 5 rings (SSSR count). The van der Waals surface area contributed by atoms with Crippen molar-refractivity contribution in [2.45, 2.75) is 13.8 Å². The van der Waals surface area contributed by atoms with E-state index in [0.717, 1.165) is 23.5 Å². The maximum absolute atomic E-state index is 13.4. The third-order valence-electron chi connectivity index (χ3n) is 6.61. The number of rotatable bonds is 7. The van der Waals surface area contributed by atoms with Gasteiger partial charge in [-0.05, 0) is 92.3 Å². The fourth-order valence-electron chi connectivity index (χ4n) is 4.63. The molecular formula is C29H20ClN5O7S. The Hall–Kier alpha value is -5.40. The van der Waals surface area contributed by atoms with Crippen LogP contribution in [0.1, 0.15) is 17.0 Å². The van der Waals surface area contributed by atoms with Crippen LogP contribution in [0.3, 0.4) is 0 Å². The van der Waals surface area contributed by atoms with Crippen molar-refractivity contribution >= 4 is 63.9 Å². The van der Waals surface area contributed by atoms with Crippen molar-refractivity contribution in [2.75, 3.05) is 4.90 Å². The molecule has 3 aromatic carbocycles. The van der Waals surface area contributed by atoms with Crippen LogP contribution in [0.25, 0.3) is 11.8 Å². The number of nitrogens with one attached hydrogen (secondary N) is 1. The molecule has 1 aromatic heterocycles. The van der Waals surface area contributed by atoms with E-state index in [1.165, 1.54) is 17.0 Å². The summed E-state index contributed by atoms with van der Waals surface area (Å²) in [5.41, 5.74) is 2.21. The highest BCUT2D eigenvalue weighted by Crippen LogP contribution is 2.35. The average Bonchev–Trinajstić information content (AvgIpc) is 3.23. The number of benzene rings is 3. The molecule has 12 nitrogen and oxygen atoms in total. The van der Waals surface area contributed by atoms with Gasteiger partial charge in [-0.2, -0.15) is 0 Å². The second kappa shape index (κ2) is 11.5. The van der Waals surface area contributed by atoms with Crippen molar-refractivity contribution in [3.8, 4) is 17.2 Å². The monoisotopic (exact) mass is 617 g/mol. The number of carbonyl (C=O) groups excluding carboxylic acids is 2. The van der Waals surface area contributed by atoms with Crippen molar-refractivity contribution in [1.82, 2.24) is 9.88 Å². The number of aromatic nitrogens is 1. The van der Waals surface area contributed by atoms with Crippen molar-refractivity contribution in [1.29, 1.82) is 0 Å². The van der Waals surface area contributed by atoms with Gasteiger partial charge >= 0.3 is 5.69 Å². The second-order valence-corrected chi connectivity index (χ2v) is 10.2. The number of nitro groups is 2. The first kappa shape index (κ1) is 29.1. The zero-order chi connectivity index (χ0) is 31.0. The second-order valence-electron chi connectivity index (χ2n) is 9.36.